The van der Waals surface area contributed by atoms with Gasteiger partial charge in [0, 0.05) is 36.1 Å². The molecule has 2 aromatic rings. The van der Waals surface area contributed by atoms with E-state index >= 15 is 0 Å². The van der Waals surface area contributed by atoms with Crippen molar-refractivity contribution in [1.29, 1.82) is 0 Å². The number of hydrogen-bond donors (Lipinski definition) is 1. The van der Waals surface area contributed by atoms with Gasteiger partial charge in [0.05, 0.1) is 4.87 Å². The summed E-state index contributed by atoms with van der Waals surface area (Å²) in [6.07, 6.45) is 1.51. The van der Waals surface area contributed by atoms with Crippen LogP contribution in [0.4, 0.5) is 10.5 Å². The monoisotopic (exact) mass is 459 g/mol. The summed E-state index contributed by atoms with van der Waals surface area (Å²) in [5.74, 6) is 1.52. The van der Waals surface area contributed by atoms with Gasteiger partial charge >= 0.3 is 6.03 Å². The second kappa shape index (κ2) is 9.40. The highest BCUT2D eigenvalue weighted by atomic mass is 35.5. The smallest absolute Gasteiger partial charge is 0.321 e. The normalized spacial score (nSPS) is 17.6. The Labute approximate surface area is 191 Å². The average Bonchev–Trinajstić information content (AvgIpc) is 3.16. The fourth-order valence-corrected chi connectivity index (χ4v) is 5.71. The molecule has 2 heterocycles. The Morgan fingerprint density at radius 2 is 1.87 bits per heavy atom. The molecule has 3 amide bonds. The first-order valence-corrected chi connectivity index (χ1v) is 11.8. The van der Waals surface area contributed by atoms with E-state index in [1.54, 1.807) is 24.3 Å². The Morgan fingerprint density at radius 3 is 2.58 bits per heavy atom. The predicted molar refractivity (Wildman–Crippen MR) is 125 cm³/mol. The van der Waals surface area contributed by atoms with Crippen molar-refractivity contribution < 1.29 is 14.3 Å². The number of nitrogens with zero attached hydrogens (tertiary/aromatic N) is 2. The van der Waals surface area contributed by atoms with Gasteiger partial charge in [-0.1, -0.05) is 23.7 Å². The van der Waals surface area contributed by atoms with Gasteiger partial charge in [-0.05, 0) is 61.7 Å². The lowest BCUT2D eigenvalue weighted by Crippen LogP contribution is -2.55. The number of amides is 3. The quantitative estimate of drug-likeness (QED) is 0.724. The largest absolute Gasteiger partial charge is 0.484 e. The number of anilines is 1. The number of hydrogen-bond acceptors (Lipinski definition) is 4. The molecule has 2 saturated heterocycles. The number of likely N-dealkylation sites (tertiary alicyclic amines) is 1. The maximum atomic E-state index is 12.9. The lowest BCUT2D eigenvalue weighted by molar-refractivity contribution is -0.136. The average molecular weight is 460 g/mol. The van der Waals surface area contributed by atoms with Crippen molar-refractivity contribution in [3.05, 3.63) is 59.1 Å². The Hall–Kier alpha value is -2.38. The van der Waals surface area contributed by atoms with Crippen molar-refractivity contribution in [3.8, 4) is 5.75 Å². The van der Waals surface area contributed by atoms with Crippen LogP contribution in [0.1, 0.15) is 18.4 Å². The zero-order chi connectivity index (χ0) is 21.8. The molecule has 8 heteroatoms. The van der Waals surface area contributed by atoms with Crippen LogP contribution in [0, 0.1) is 6.92 Å². The Bertz CT molecular complexity index is 945. The molecule has 0 aromatic heterocycles. The lowest BCUT2D eigenvalue weighted by Gasteiger charge is -2.43. The van der Waals surface area contributed by atoms with Gasteiger partial charge in [0.15, 0.2) is 6.61 Å². The summed E-state index contributed by atoms with van der Waals surface area (Å²) in [4.78, 5) is 29.1. The molecule has 0 radical (unpaired) electrons. The van der Waals surface area contributed by atoms with Crippen LogP contribution in [-0.2, 0) is 4.79 Å². The standard InChI is InChI=1S/C23H26ClN3O3S/c1-17-3-2-4-19(15-17)25-22(29)26-11-9-23(10-12-26)27(13-14-31-23)21(28)16-30-20-7-5-18(24)6-8-20/h2-8,15H,9-14,16H2,1H3,(H,25,29). The summed E-state index contributed by atoms with van der Waals surface area (Å²) < 4.78 is 5.67. The summed E-state index contributed by atoms with van der Waals surface area (Å²) in [7, 11) is 0. The van der Waals surface area contributed by atoms with E-state index in [0.717, 1.165) is 29.8 Å². The Morgan fingerprint density at radius 1 is 1.13 bits per heavy atom. The molecule has 1 N–H and O–H groups in total. The number of halogens is 1. The zero-order valence-electron chi connectivity index (χ0n) is 17.5. The van der Waals surface area contributed by atoms with Gasteiger partial charge in [0.25, 0.3) is 5.91 Å². The highest BCUT2D eigenvalue weighted by molar-refractivity contribution is 8.00. The summed E-state index contributed by atoms with van der Waals surface area (Å²) >= 11 is 7.71. The number of nitrogens with one attached hydrogen (secondary N) is 1. The van der Waals surface area contributed by atoms with Crippen molar-refractivity contribution in [3.63, 3.8) is 0 Å². The second-order valence-electron chi connectivity index (χ2n) is 7.87. The third kappa shape index (κ3) is 5.10. The molecule has 0 saturated carbocycles. The van der Waals surface area contributed by atoms with Gasteiger partial charge in [-0.3, -0.25) is 4.79 Å². The van der Waals surface area contributed by atoms with Crippen molar-refractivity contribution >= 4 is 41.0 Å². The van der Waals surface area contributed by atoms with Crippen LogP contribution in [-0.4, -0.2) is 58.6 Å². The van der Waals surface area contributed by atoms with Gasteiger partial charge < -0.3 is 19.9 Å². The maximum absolute atomic E-state index is 12.9. The minimum Gasteiger partial charge on any atom is -0.484 e. The number of benzene rings is 2. The highest BCUT2D eigenvalue weighted by Gasteiger charge is 2.46. The molecule has 2 aliphatic heterocycles. The number of thioether (sulfide) groups is 1. The number of piperidine rings is 1. The summed E-state index contributed by atoms with van der Waals surface area (Å²) in [5, 5.41) is 3.61. The van der Waals surface area contributed by atoms with E-state index in [1.165, 1.54) is 0 Å². The van der Waals surface area contributed by atoms with Crippen LogP contribution in [0.3, 0.4) is 0 Å². The molecule has 0 bridgehead atoms. The molecule has 6 nitrogen and oxygen atoms in total. The third-order valence-electron chi connectivity index (χ3n) is 5.76. The minimum atomic E-state index is -0.249. The Balaban J connectivity index is 1.32. The van der Waals surface area contributed by atoms with E-state index in [9.17, 15) is 9.59 Å². The van der Waals surface area contributed by atoms with Gasteiger partial charge in [0.1, 0.15) is 5.75 Å². The van der Waals surface area contributed by atoms with Gasteiger partial charge in [-0.15, -0.1) is 11.8 Å². The number of ether oxygens (including phenoxy) is 1. The van der Waals surface area contributed by atoms with E-state index in [-0.39, 0.29) is 23.4 Å². The van der Waals surface area contributed by atoms with Crippen molar-refractivity contribution in [2.24, 2.45) is 0 Å². The van der Waals surface area contributed by atoms with Crippen molar-refractivity contribution in [2.75, 3.05) is 37.3 Å². The minimum absolute atomic E-state index is 0.00149. The van der Waals surface area contributed by atoms with Crippen LogP contribution in [0.2, 0.25) is 5.02 Å². The highest BCUT2D eigenvalue weighted by Crippen LogP contribution is 2.44. The van der Waals surface area contributed by atoms with Crippen molar-refractivity contribution in [1.82, 2.24) is 9.80 Å². The molecular formula is C23H26ClN3O3S. The molecule has 2 aromatic carbocycles. The fourth-order valence-electron chi connectivity index (χ4n) is 4.11. The summed E-state index contributed by atoms with van der Waals surface area (Å²) in [6.45, 7) is 3.95. The number of urea groups is 1. The number of carbonyl (C=O) groups excluding carboxylic acids is 2. The molecule has 31 heavy (non-hydrogen) atoms. The van der Waals surface area contributed by atoms with Crippen LogP contribution >= 0.6 is 23.4 Å². The molecule has 4 rings (SSSR count). The van der Waals surface area contributed by atoms with Gasteiger partial charge in [-0.25, -0.2) is 4.79 Å². The van der Waals surface area contributed by atoms with Crippen LogP contribution in [0.15, 0.2) is 48.5 Å². The molecule has 0 atom stereocenters. The van der Waals surface area contributed by atoms with Gasteiger partial charge in [-0.2, -0.15) is 0 Å². The predicted octanol–water partition coefficient (Wildman–Crippen LogP) is 4.63. The van der Waals surface area contributed by atoms with E-state index < -0.39 is 0 Å². The van der Waals surface area contributed by atoms with Crippen LogP contribution in [0.5, 0.6) is 5.75 Å². The molecular weight excluding hydrogens is 434 g/mol. The zero-order valence-corrected chi connectivity index (χ0v) is 19.0. The molecule has 0 aliphatic carbocycles. The topological polar surface area (TPSA) is 61.9 Å². The van der Waals surface area contributed by atoms with Crippen LogP contribution in [0.25, 0.3) is 0 Å². The van der Waals surface area contributed by atoms with E-state index in [4.69, 9.17) is 16.3 Å². The Kier molecular flexibility index (Phi) is 6.62. The first-order chi connectivity index (χ1) is 14.9. The number of aryl methyl sites for hydroxylation is 1. The summed E-state index contributed by atoms with van der Waals surface area (Å²) in [5.41, 5.74) is 1.91. The second-order valence-corrected chi connectivity index (χ2v) is 9.76. The molecule has 164 valence electrons. The van der Waals surface area contributed by atoms with E-state index in [0.29, 0.717) is 30.4 Å². The first kappa shape index (κ1) is 21.8. The lowest BCUT2D eigenvalue weighted by atomic mass is 10.0. The van der Waals surface area contributed by atoms with E-state index in [2.05, 4.69) is 5.32 Å². The molecule has 0 unspecified atom stereocenters. The first-order valence-electron chi connectivity index (χ1n) is 10.4. The van der Waals surface area contributed by atoms with E-state index in [1.807, 2.05) is 52.8 Å². The molecule has 2 fully saturated rings. The third-order valence-corrected chi connectivity index (χ3v) is 7.56. The molecule has 1 spiro atoms. The number of rotatable bonds is 4. The van der Waals surface area contributed by atoms with Crippen LogP contribution < -0.4 is 10.1 Å². The van der Waals surface area contributed by atoms with Crippen molar-refractivity contribution in [2.45, 2.75) is 24.6 Å². The summed E-state index contributed by atoms with van der Waals surface area (Å²) in [6, 6.07) is 14.7. The van der Waals surface area contributed by atoms with Gasteiger partial charge in [0.2, 0.25) is 0 Å². The fraction of sp³-hybridized carbons (Fsp3) is 0.391. The molecule has 2 aliphatic rings. The SMILES string of the molecule is Cc1cccc(NC(=O)N2CCC3(CC2)SCCN3C(=O)COc2ccc(Cl)cc2)c1. The maximum Gasteiger partial charge on any atom is 0.321 e. The number of carbonyl (C=O) groups is 2.